The van der Waals surface area contributed by atoms with Crippen molar-refractivity contribution in [2.45, 2.75) is 25.2 Å². The molecule has 3 heteroatoms. The van der Waals surface area contributed by atoms with Crippen molar-refractivity contribution in [3.8, 4) is 0 Å². The van der Waals surface area contributed by atoms with E-state index in [2.05, 4.69) is 17.0 Å². The molecule has 3 fully saturated rings. The minimum atomic E-state index is 0.491. The molecule has 3 saturated heterocycles. The minimum Gasteiger partial charge on any atom is -0.399 e. The second-order valence-corrected chi connectivity index (χ2v) is 4.55. The maximum absolute atomic E-state index is 5.76. The molecule has 0 amide bonds. The van der Waals surface area contributed by atoms with E-state index in [1.165, 1.54) is 12.0 Å². The van der Waals surface area contributed by atoms with E-state index in [0.717, 1.165) is 25.3 Å². The van der Waals surface area contributed by atoms with Crippen LogP contribution in [0.15, 0.2) is 24.3 Å². The lowest BCUT2D eigenvalue weighted by Gasteiger charge is -2.47. The Morgan fingerprint density at radius 2 is 2.07 bits per heavy atom. The van der Waals surface area contributed by atoms with Gasteiger partial charge in [0.1, 0.15) is 0 Å². The van der Waals surface area contributed by atoms with Crippen LogP contribution in [0.25, 0.3) is 0 Å². The molecular weight excluding hydrogens is 188 g/mol. The van der Waals surface area contributed by atoms with Gasteiger partial charge in [-0.15, -0.1) is 0 Å². The first-order valence-corrected chi connectivity index (χ1v) is 5.52. The van der Waals surface area contributed by atoms with Crippen molar-refractivity contribution < 1.29 is 4.74 Å². The first kappa shape index (κ1) is 9.19. The molecule has 0 aliphatic carbocycles. The lowest BCUT2D eigenvalue weighted by Crippen LogP contribution is -2.56. The van der Waals surface area contributed by atoms with E-state index in [9.17, 15) is 0 Å². The summed E-state index contributed by atoms with van der Waals surface area (Å²) in [6, 6.07) is 8.14. The zero-order valence-corrected chi connectivity index (χ0v) is 8.73. The topological polar surface area (TPSA) is 38.5 Å². The number of hydrogen-bond donors (Lipinski definition) is 1. The number of nitrogen functional groups attached to an aromatic ring is 1. The molecule has 2 unspecified atom stereocenters. The van der Waals surface area contributed by atoms with E-state index in [-0.39, 0.29) is 0 Å². The Kier molecular flexibility index (Phi) is 2.15. The predicted octanol–water partition coefficient (Wildman–Crippen LogP) is 1.24. The highest BCUT2D eigenvalue weighted by Crippen LogP contribution is 2.28. The highest BCUT2D eigenvalue weighted by Gasteiger charge is 2.37. The van der Waals surface area contributed by atoms with Gasteiger partial charge in [-0.25, -0.2) is 0 Å². The minimum absolute atomic E-state index is 0.491. The number of ether oxygens (including phenoxy) is 1. The molecule has 0 spiro atoms. The smallest absolute Gasteiger partial charge is 0.0731 e. The molecule has 0 aromatic heterocycles. The van der Waals surface area contributed by atoms with E-state index in [1.54, 1.807) is 0 Å². The molecule has 3 aliphatic heterocycles. The Hall–Kier alpha value is -1.06. The van der Waals surface area contributed by atoms with Crippen molar-refractivity contribution in [3.63, 3.8) is 0 Å². The molecule has 15 heavy (non-hydrogen) atoms. The quantitative estimate of drug-likeness (QED) is 0.737. The first-order chi connectivity index (χ1) is 7.29. The van der Waals surface area contributed by atoms with Crippen molar-refractivity contribution in [3.05, 3.63) is 29.8 Å². The third-order valence-corrected chi connectivity index (χ3v) is 3.19. The number of nitrogens with zero attached hydrogens (tertiary/aromatic N) is 1. The number of piperidine rings is 1. The fraction of sp³-hybridized carbons (Fsp3) is 0.500. The van der Waals surface area contributed by atoms with E-state index in [0.29, 0.717) is 12.2 Å². The third-order valence-electron chi connectivity index (χ3n) is 3.19. The van der Waals surface area contributed by atoms with Crippen LogP contribution in [0.2, 0.25) is 0 Å². The van der Waals surface area contributed by atoms with Gasteiger partial charge < -0.3 is 10.5 Å². The second kappa shape index (κ2) is 3.51. The van der Waals surface area contributed by atoms with Crippen LogP contribution in [0.5, 0.6) is 0 Å². The van der Waals surface area contributed by atoms with Gasteiger partial charge in [0, 0.05) is 31.7 Å². The second-order valence-electron chi connectivity index (χ2n) is 4.55. The number of rotatable bonds is 2. The molecule has 2 N–H and O–H groups in total. The summed E-state index contributed by atoms with van der Waals surface area (Å²) in [6.07, 6.45) is 2.24. The van der Waals surface area contributed by atoms with Gasteiger partial charge in [-0.2, -0.15) is 0 Å². The first-order valence-electron chi connectivity index (χ1n) is 5.52. The summed E-state index contributed by atoms with van der Waals surface area (Å²) in [5, 5.41) is 0. The standard InChI is InChI=1S/C12H16N2O/c13-10-3-1-2-9(4-10)6-14-7-11-5-12(8-14)15-11/h1-4,11-12H,5-8,13H2. The van der Waals surface area contributed by atoms with Crippen molar-refractivity contribution in [2.24, 2.45) is 0 Å². The molecule has 4 rings (SSSR count). The fourth-order valence-corrected chi connectivity index (χ4v) is 2.52. The van der Waals surface area contributed by atoms with Gasteiger partial charge in [0.25, 0.3) is 0 Å². The largest absolute Gasteiger partial charge is 0.399 e. The third kappa shape index (κ3) is 1.85. The van der Waals surface area contributed by atoms with Crippen LogP contribution >= 0.6 is 0 Å². The SMILES string of the molecule is Nc1cccc(CN2CC3CC(C2)O3)c1. The van der Waals surface area contributed by atoms with Crippen molar-refractivity contribution in [1.82, 2.24) is 4.90 Å². The molecule has 1 aromatic carbocycles. The van der Waals surface area contributed by atoms with Gasteiger partial charge in [-0.05, 0) is 17.7 Å². The summed E-state index contributed by atoms with van der Waals surface area (Å²) in [5.74, 6) is 0. The maximum atomic E-state index is 5.76. The van der Waals surface area contributed by atoms with Crippen LogP contribution in [0.1, 0.15) is 12.0 Å². The normalized spacial score (nSPS) is 29.9. The molecule has 3 aliphatic rings. The monoisotopic (exact) mass is 204 g/mol. The van der Waals surface area contributed by atoms with Crippen LogP contribution in [-0.4, -0.2) is 30.2 Å². The average molecular weight is 204 g/mol. The Morgan fingerprint density at radius 3 is 2.73 bits per heavy atom. The van der Waals surface area contributed by atoms with E-state index >= 15 is 0 Å². The molecule has 0 saturated carbocycles. The zero-order valence-electron chi connectivity index (χ0n) is 8.73. The Balaban J connectivity index is 1.65. The van der Waals surface area contributed by atoms with Gasteiger partial charge in [0.2, 0.25) is 0 Å². The maximum Gasteiger partial charge on any atom is 0.0731 e. The summed E-state index contributed by atoms with van der Waals surface area (Å²) in [7, 11) is 0. The highest BCUT2D eigenvalue weighted by atomic mass is 16.5. The number of hydrogen-bond acceptors (Lipinski definition) is 3. The Labute approximate surface area is 89.8 Å². The Morgan fingerprint density at radius 1 is 1.33 bits per heavy atom. The van der Waals surface area contributed by atoms with Crippen molar-refractivity contribution >= 4 is 5.69 Å². The summed E-state index contributed by atoms with van der Waals surface area (Å²) in [6.45, 7) is 3.15. The van der Waals surface area contributed by atoms with Crippen LogP contribution < -0.4 is 5.73 Å². The van der Waals surface area contributed by atoms with Crippen LogP contribution in [0.4, 0.5) is 5.69 Å². The van der Waals surface area contributed by atoms with Gasteiger partial charge in [-0.1, -0.05) is 12.1 Å². The molecule has 80 valence electrons. The summed E-state index contributed by atoms with van der Waals surface area (Å²) in [5.41, 5.74) is 7.91. The van der Waals surface area contributed by atoms with E-state index in [4.69, 9.17) is 10.5 Å². The van der Waals surface area contributed by atoms with Crippen molar-refractivity contribution in [1.29, 1.82) is 0 Å². The zero-order chi connectivity index (χ0) is 10.3. The molecule has 0 radical (unpaired) electrons. The summed E-state index contributed by atoms with van der Waals surface area (Å²) < 4.78 is 5.60. The number of anilines is 1. The lowest BCUT2D eigenvalue weighted by molar-refractivity contribution is -0.182. The fourth-order valence-electron chi connectivity index (χ4n) is 2.52. The van der Waals surface area contributed by atoms with E-state index < -0.39 is 0 Å². The molecule has 1 aromatic rings. The number of fused-ring (bicyclic) bond motifs is 2. The molecule has 3 heterocycles. The summed E-state index contributed by atoms with van der Waals surface area (Å²) >= 11 is 0. The Bertz CT molecular complexity index is 350. The molecule has 2 bridgehead atoms. The summed E-state index contributed by atoms with van der Waals surface area (Å²) in [4.78, 5) is 2.46. The van der Waals surface area contributed by atoms with Crippen molar-refractivity contribution in [2.75, 3.05) is 18.8 Å². The van der Waals surface area contributed by atoms with Crippen LogP contribution in [-0.2, 0) is 11.3 Å². The number of nitrogens with two attached hydrogens (primary N) is 1. The van der Waals surface area contributed by atoms with Gasteiger partial charge >= 0.3 is 0 Å². The highest BCUT2D eigenvalue weighted by molar-refractivity contribution is 5.40. The van der Waals surface area contributed by atoms with Gasteiger partial charge in [0.15, 0.2) is 0 Å². The van der Waals surface area contributed by atoms with Crippen LogP contribution in [0.3, 0.4) is 0 Å². The number of benzene rings is 1. The number of morpholine rings is 1. The lowest BCUT2D eigenvalue weighted by atomic mass is 9.98. The molecular formula is C12H16N2O. The van der Waals surface area contributed by atoms with Gasteiger partial charge in [-0.3, -0.25) is 4.90 Å². The van der Waals surface area contributed by atoms with Gasteiger partial charge in [0.05, 0.1) is 12.2 Å². The molecule has 2 atom stereocenters. The average Bonchev–Trinajstić information content (AvgIpc) is 2.16. The van der Waals surface area contributed by atoms with Crippen LogP contribution in [0, 0.1) is 0 Å². The molecule has 3 nitrogen and oxygen atoms in total. The predicted molar refractivity (Wildman–Crippen MR) is 59.4 cm³/mol. The van der Waals surface area contributed by atoms with E-state index in [1.807, 2.05) is 12.1 Å².